The van der Waals surface area contributed by atoms with Crippen molar-refractivity contribution in [2.24, 2.45) is 47.3 Å². The molecule has 1 aliphatic heterocycles. The molecule has 0 aromatic heterocycles. The third-order valence-corrected chi connectivity index (χ3v) is 17.2. The topological polar surface area (TPSA) is 334 Å². The SMILES string of the molecule is CC(C)C[C@@H]1NC(=O)[C@H](CC(C)C)N(C)C(=O)CN(C)C(=O)[C@@H](C(C)O)NC(=O)[C@H](C(O)[C@H](C)CC(=O)NCc2ccccc2)N(C)C(=O)[C@@H](C(C)C)N(C)C(=O)[C@@H](CC(C)C)NC(=O)[C@H](CC(C)C)N(C)C(=O)[C@@H](C(C)C)OC(=O)[C@H](C)NC(=O)[C@H](CC(C)C)N(C)C1=O. The molecule has 0 spiro atoms. The molecule has 95 heavy (non-hydrogen) atoms. The van der Waals surface area contributed by atoms with Crippen LogP contribution in [0.25, 0.3) is 0 Å². The standard InChI is InChI=1S/C69H117N11O15/c1-37(2)29-48-64(89)77(20)51(32-40(7)8)60(85)71-45(16)69(94)95-59(43(13)14)68(93)78(21)52(33-41(9)10)62(87)73-49(30-38(3)4)65(90)79(22)56(42(11)12)67(92)80(23)57(58(84)44(15)34-53(82)70-35-47-27-25-24-26-28-47)63(88)74-55(46(17)81)66(91)75(18)36-54(83)76(19)50(31-39(5)6)61(86)72-48/h24-28,37-46,48-52,55-59,81,84H,29-36H2,1-23H3,(H,70,82)(H,71,85)(H,72,86)(H,73,87)(H,74,88)/t44-,45+,46?,48+,49-,50+,51+,52+,55-,56-,57+,58?,59-/m1/s1. The highest BCUT2D eigenvalue weighted by Crippen LogP contribution is 2.25. The van der Waals surface area contributed by atoms with Crippen molar-refractivity contribution in [2.45, 2.75) is 235 Å². The summed E-state index contributed by atoms with van der Waals surface area (Å²) in [6, 6.07) is -3.77. The molecular weight excluding hydrogens is 1220 g/mol. The van der Waals surface area contributed by atoms with Gasteiger partial charge in [-0.1, -0.05) is 134 Å². The third-order valence-electron chi connectivity index (χ3n) is 17.2. The Morgan fingerprint density at radius 2 is 0.926 bits per heavy atom. The highest BCUT2D eigenvalue weighted by molar-refractivity contribution is 5.99. The molecule has 1 aromatic rings. The Kier molecular flexibility index (Phi) is 34.0. The summed E-state index contributed by atoms with van der Waals surface area (Å²) in [5.74, 6) is -13.2. The Morgan fingerprint density at radius 1 is 0.505 bits per heavy atom. The van der Waals surface area contributed by atoms with E-state index in [1.807, 2.05) is 75.3 Å². The van der Waals surface area contributed by atoms with Crippen LogP contribution in [0.15, 0.2) is 30.3 Å². The maximum atomic E-state index is 15.3. The van der Waals surface area contributed by atoms with Crippen molar-refractivity contribution in [1.82, 2.24) is 56.0 Å². The van der Waals surface area contributed by atoms with Crippen molar-refractivity contribution < 1.29 is 72.5 Å². The summed E-state index contributed by atoms with van der Waals surface area (Å²) in [5, 5.41) is 37.3. The van der Waals surface area contributed by atoms with Gasteiger partial charge in [-0.3, -0.25) is 52.7 Å². The number of rotatable bonds is 19. The molecule has 1 aliphatic rings. The fourth-order valence-corrected chi connectivity index (χ4v) is 11.6. The van der Waals surface area contributed by atoms with Crippen LogP contribution in [0.4, 0.5) is 0 Å². The van der Waals surface area contributed by atoms with E-state index in [1.165, 1.54) is 68.0 Å². The van der Waals surface area contributed by atoms with Crippen molar-refractivity contribution in [3.05, 3.63) is 35.9 Å². The van der Waals surface area contributed by atoms with Crippen LogP contribution in [-0.4, -0.2) is 232 Å². The minimum Gasteiger partial charge on any atom is -0.450 e. The number of carbonyl (C=O) groups excluding carboxylic acids is 12. The first-order valence-corrected chi connectivity index (χ1v) is 33.6. The average Bonchev–Trinajstić information content (AvgIpc) is 0.815. The Morgan fingerprint density at radius 3 is 1.36 bits per heavy atom. The lowest BCUT2D eigenvalue weighted by molar-refractivity contribution is -0.166. The van der Waals surface area contributed by atoms with Gasteiger partial charge in [0, 0.05) is 55.3 Å². The molecule has 0 radical (unpaired) electrons. The summed E-state index contributed by atoms with van der Waals surface area (Å²) < 4.78 is 5.90. The predicted molar refractivity (Wildman–Crippen MR) is 360 cm³/mol. The first-order valence-electron chi connectivity index (χ1n) is 33.6. The van der Waals surface area contributed by atoms with Gasteiger partial charge in [-0.15, -0.1) is 0 Å². The zero-order valence-corrected chi connectivity index (χ0v) is 61.0. The highest BCUT2D eigenvalue weighted by Gasteiger charge is 2.46. The van der Waals surface area contributed by atoms with E-state index in [-0.39, 0.29) is 74.7 Å². The Bertz CT molecular complexity index is 2760. The van der Waals surface area contributed by atoms with Crippen LogP contribution in [0.3, 0.4) is 0 Å². The van der Waals surface area contributed by atoms with Crippen LogP contribution >= 0.6 is 0 Å². The molecule has 1 aromatic carbocycles. The van der Waals surface area contributed by atoms with E-state index in [2.05, 4.69) is 26.6 Å². The smallest absolute Gasteiger partial charge is 0.329 e. The number of benzene rings is 1. The lowest BCUT2D eigenvalue weighted by Crippen LogP contribution is -2.64. The fourth-order valence-electron chi connectivity index (χ4n) is 11.6. The average molecular weight is 1340 g/mol. The van der Waals surface area contributed by atoms with E-state index >= 15 is 14.4 Å². The van der Waals surface area contributed by atoms with Crippen LogP contribution in [0.5, 0.6) is 0 Å². The number of hydrogen-bond donors (Lipinski definition) is 7. The summed E-state index contributed by atoms with van der Waals surface area (Å²) in [4.78, 5) is 182. The van der Waals surface area contributed by atoms with Gasteiger partial charge in [0.25, 0.3) is 5.91 Å². The number of likely N-dealkylation sites (N-methyl/N-ethyl adjacent to an activating group) is 6. The minimum absolute atomic E-state index is 0.0401. The van der Waals surface area contributed by atoms with E-state index in [9.17, 15) is 53.4 Å². The van der Waals surface area contributed by atoms with Crippen molar-refractivity contribution in [1.29, 1.82) is 0 Å². The predicted octanol–water partition coefficient (Wildman–Crippen LogP) is 3.09. The second-order valence-corrected chi connectivity index (χ2v) is 28.9. The molecular formula is C69H117N11O15. The number of hydrogen-bond acceptors (Lipinski definition) is 15. The van der Waals surface area contributed by atoms with Crippen LogP contribution in [0.2, 0.25) is 0 Å². The fraction of sp³-hybridized carbons (Fsp3) is 0.739. The molecule has 2 unspecified atom stereocenters. The lowest BCUT2D eigenvalue weighted by atomic mass is 9.91. The van der Waals surface area contributed by atoms with Crippen molar-refractivity contribution in [3.63, 3.8) is 0 Å². The molecule has 26 heteroatoms. The van der Waals surface area contributed by atoms with E-state index in [4.69, 9.17) is 4.74 Å². The molecule has 0 bridgehead atoms. The number of carbonyl (C=O) groups is 12. The molecule has 0 aliphatic carbocycles. The number of ether oxygens (including phenoxy) is 1. The third kappa shape index (κ3) is 25.1. The summed E-state index contributed by atoms with van der Waals surface area (Å²) in [6.07, 6.45) is -4.99. The first-order chi connectivity index (χ1) is 44.0. The molecule has 1 fully saturated rings. The summed E-state index contributed by atoms with van der Waals surface area (Å²) in [7, 11) is 7.94. The molecule has 1 saturated heterocycles. The van der Waals surface area contributed by atoms with E-state index in [1.54, 1.807) is 52.0 Å². The summed E-state index contributed by atoms with van der Waals surface area (Å²) in [6.45, 7) is 28.3. The second-order valence-electron chi connectivity index (χ2n) is 28.9. The van der Waals surface area contributed by atoms with Crippen molar-refractivity contribution in [2.75, 3.05) is 48.8 Å². The molecule has 7 N–H and O–H groups in total. The molecule has 13 atom stereocenters. The summed E-state index contributed by atoms with van der Waals surface area (Å²) >= 11 is 0. The summed E-state index contributed by atoms with van der Waals surface area (Å²) in [5.41, 5.74) is 0.784. The van der Waals surface area contributed by atoms with E-state index in [0.717, 1.165) is 30.1 Å². The zero-order valence-electron chi connectivity index (χ0n) is 61.0. The van der Waals surface area contributed by atoms with Gasteiger partial charge in [0.2, 0.25) is 59.1 Å². The van der Waals surface area contributed by atoms with Gasteiger partial charge >= 0.3 is 5.97 Å². The maximum absolute atomic E-state index is 15.3. The maximum Gasteiger partial charge on any atom is 0.329 e. The Labute approximate surface area is 564 Å². The van der Waals surface area contributed by atoms with Gasteiger partial charge in [0.1, 0.15) is 54.4 Å². The molecule has 26 nitrogen and oxygen atoms in total. The van der Waals surface area contributed by atoms with E-state index in [0.29, 0.717) is 0 Å². The molecule has 1 heterocycles. The van der Waals surface area contributed by atoms with Crippen LogP contribution in [-0.2, 0) is 68.8 Å². The van der Waals surface area contributed by atoms with Crippen LogP contribution in [0, 0.1) is 47.3 Å². The number of cyclic esters (lactones) is 1. The largest absolute Gasteiger partial charge is 0.450 e. The lowest BCUT2D eigenvalue weighted by Gasteiger charge is -2.40. The van der Waals surface area contributed by atoms with Gasteiger partial charge in [0.05, 0.1) is 18.8 Å². The van der Waals surface area contributed by atoms with Gasteiger partial charge in [-0.05, 0) is 98.9 Å². The minimum atomic E-state index is -1.93. The van der Waals surface area contributed by atoms with E-state index < -0.39 is 168 Å². The molecule has 2 rings (SSSR count). The monoisotopic (exact) mass is 1340 g/mol. The van der Waals surface area contributed by atoms with Crippen LogP contribution < -0.4 is 26.6 Å². The number of aliphatic hydroxyl groups is 2. The second kappa shape index (κ2) is 38.5. The molecule has 0 saturated carbocycles. The quantitative estimate of drug-likeness (QED) is 0.0979. The molecule has 11 amide bonds. The number of aliphatic hydroxyl groups excluding tert-OH is 2. The normalized spacial score (nSPS) is 25.4. The van der Waals surface area contributed by atoms with Gasteiger partial charge < -0.3 is 70.9 Å². The first kappa shape index (κ1) is 83.9. The Balaban J connectivity index is 3.04. The molecule has 538 valence electrons. The van der Waals surface area contributed by atoms with Gasteiger partial charge in [-0.25, -0.2) is 4.79 Å². The number of nitrogens with zero attached hydrogens (tertiary/aromatic N) is 6. The van der Waals surface area contributed by atoms with Gasteiger partial charge in [0.15, 0.2) is 6.10 Å². The Hall–Kier alpha value is -7.22. The highest BCUT2D eigenvalue weighted by atomic mass is 16.6. The number of nitrogens with one attached hydrogen (secondary N) is 5. The number of esters is 1. The van der Waals surface area contributed by atoms with Gasteiger partial charge in [-0.2, -0.15) is 0 Å². The van der Waals surface area contributed by atoms with Crippen molar-refractivity contribution >= 4 is 70.9 Å². The van der Waals surface area contributed by atoms with Crippen LogP contribution in [0.1, 0.15) is 162 Å². The zero-order chi connectivity index (χ0) is 73.0. The number of amides is 11. The van der Waals surface area contributed by atoms with Crippen molar-refractivity contribution in [3.8, 4) is 0 Å².